The van der Waals surface area contributed by atoms with Crippen LogP contribution in [0.15, 0.2) is 30.3 Å². The lowest BCUT2D eigenvalue weighted by Crippen LogP contribution is -2.37. The summed E-state index contributed by atoms with van der Waals surface area (Å²) in [6.45, 7) is 1.51. The van der Waals surface area contributed by atoms with Crippen LogP contribution in [0, 0.1) is 0 Å². The lowest BCUT2D eigenvalue weighted by molar-refractivity contribution is -0.141. The summed E-state index contributed by atoms with van der Waals surface area (Å²) in [7, 11) is 2.94. The van der Waals surface area contributed by atoms with E-state index in [-0.39, 0.29) is 24.4 Å². The summed E-state index contributed by atoms with van der Waals surface area (Å²) < 4.78 is 15.6. The molecule has 1 aromatic carbocycles. The van der Waals surface area contributed by atoms with Gasteiger partial charge in [0.05, 0.1) is 26.7 Å². The highest BCUT2D eigenvalue weighted by Gasteiger charge is 2.22. The van der Waals surface area contributed by atoms with Crippen molar-refractivity contribution < 1.29 is 23.8 Å². The molecule has 1 aliphatic rings. The van der Waals surface area contributed by atoms with Crippen molar-refractivity contribution in [2.24, 2.45) is 0 Å². The molecule has 0 aromatic heterocycles. The molecule has 1 amide bonds. The molecular formula is C19H25NO5. The number of carbonyl (C=O) groups is 2. The number of para-hydroxylation sites is 1. The molecule has 6 nitrogen and oxygen atoms in total. The summed E-state index contributed by atoms with van der Waals surface area (Å²) in [4.78, 5) is 25.6. The van der Waals surface area contributed by atoms with Crippen LogP contribution >= 0.6 is 0 Å². The van der Waals surface area contributed by atoms with Gasteiger partial charge in [-0.25, -0.2) is 0 Å². The van der Waals surface area contributed by atoms with E-state index in [2.05, 4.69) is 4.74 Å². The van der Waals surface area contributed by atoms with Crippen LogP contribution in [0.4, 0.5) is 0 Å². The van der Waals surface area contributed by atoms with Crippen LogP contribution < -0.4 is 4.74 Å². The smallest absolute Gasteiger partial charge is 0.307 e. The maximum atomic E-state index is 12.6. The average molecular weight is 347 g/mol. The summed E-state index contributed by atoms with van der Waals surface area (Å²) in [5.41, 5.74) is 0.823. The molecule has 1 atom stereocenters. The van der Waals surface area contributed by atoms with Crippen LogP contribution in [0.1, 0.15) is 24.8 Å². The molecule has 1 aliphatic heterocycles. The van der Waals surface area contributed by atoms with Gasteiger partial charge in [-0.2, -0.15) is 0 Å². The number of hydrogen-bond acceptors (Lipinski definition) is 5. The van der Waals surface area contributed by atoms with E-state index in [9.17, 15) is 9.59 Å². The molecule has 1 saturated heterocycles. The number of hydrogen-bond donors (Lipinski definition) is 0. The third-order valence-corrected chi connectivity index (χ3v) is 4.12. The minimum atomic E-state index is -0.334. The van der Waals surface area contributed by atoms with Crippen LogP contribution in [0.25, 0.3) is 6.08 Å². The first-order chi connectivity index (χ1) is 12.1. The van der Waals surface area contributed by atoms with Gasteiger partial charge < -0.3 is 19.1 Å². The second-order valence-electron chi connectivity index (χ2n) is 5.82. The minimum Gasteiger partial charge on any atom is -0.496 e. The zero-order valence-electron chi connectivity index (χ0n) is 14.8. The maximum Gasteiger partial charge on any atom is 0.307 e. The third-order valence-electron chi connectivity index (χ3n) is 4.12. The Morgan fingerprint density at radius 1 is 1.32 bits per heavy atom. The van der Waals surface area contributed by atoms with Crippen LogP contribution in [0.2, 0.25) is 0 Å². The molecular weight excluding hydrogens is 322 g/mol. The van der Waals surface area contributed by atoms with Gasteiger partial charge in [0.25, 0.3) is 0 Å². The van der Waals surface area contributed by atoms with Gasteiger partial charge in [0.1, 0.15) is 5.75 Å². The van der Waals surface area contributed by atoms with Crippen molar-refractivity contribution in [2.45, 2.75) is 25.4 Å². The maximum absolute atomic E-state index is 12.6. The normalized spacial score (nSPS) is 16.8. The lowest BCUT2D eigenvalue weighted by Gasteiger charge is -2.24. The van der Waals surface area contributed by atoms with Gasteiger partial charge in [0, 0.05) is 31.3 Å². The zero-order valence-corrected chi connectivity index (χ0v) is 14.8. The molecule has 0 radical (unpaired) electrons. The zero-order chi connectivity index (χ0) is 18.1. The monoisotopic (exact) mass is 347 g/mol. The lowest BCUT2D eigenvalue weighted by atomic mass is 10.1. The predicted octanol–water partition coefficient (Wildman–Crippen LogP) is 2.28. The minimum absolute atomic E-state index is 0.0289. The fraction of sp³-hybridized carbons (Fsp3) is 0.474. The van der Waals surface area contributed by atoms with Crippen LogP contribution in [0.3, 0.4) is 0 Å². The number of esters is 1. The van der Waals surface area contributed by atoms with Crippen LogP contribution in [-0.4, -0.2) is 56.8 Å². The van der Waals surface area contributed by atoms with Gasteiger partial charge in [-0.05, 0) is 25.0 Å². The number of benzene rings is 1. The Labute approximate surface area is 148 Å². The van der Waals surface area contributed by atoms with Crippen molar-refractivity contribution in [1.29, 1.82) is 0 Å². The number of ether oxygens (including phenoxy) is 3. The van der Waals surface area contributed by atoms with Gasteiger partial charge in [0.2, 0.25) is 5.91 Å². The molecule has 0 spiro atoms. The standard InChI is InChI=1S/C19H25NO5/c1-23-17-8-4-3-6-15(17)9-10-18(21)20(12-11-19(22)24-2)14-16-7-5-13-25-16/h3-4,6,8-10,16H,5,7,11-14H2,1-2H3/b10-9+. The van der Waals surface area contributed by atoms with E-state index in [0.29, 0.717) is 18.8 Å². The molecule has 6 heteroatoms. The molecule has 1 aromatic rings. The summed E-state index contributed by atoms with van der Waals surface area (Å²) in [5.74, 6) is 0.205. The molecule has 0 saturated carbocycles. The van der Waals surface area contributed by atoms with E-state index in [1.165, 1.54) is 13.2 Å². The number of rotatable bonds is 8. The van der Waals surface area contributed by atoms with Crippen molar-refractivity contribution in [1.82, 2.24) is 4.90 Å². The van der Waals surface area contributed by atoms with Crippen molar-refractivity contribution in [3.8, 4) is 5.75 Å². The molecule has 25 heavy (non-hydrogen) atoms. The van der Waals surface area contributed by atoms with Gasteiger partial charge in [0.15, 0.2) is 0 Å². The Morgan fingerprint density at radius 2 is 2.12 bits per heavy atom. The van der Waals surface area contributed by atoms with Crippen molar-refractivity contribution in [3.05, 3.63) is 35.9 Å². The van der Waals surface area contributed by atoms with Crippen molar-refractivity contribution in [2.75, 3.05) is 33.9 Å². The van der Waals surface area contributed by atoms with Crippen LogP contribution in [-0.2, 0) is 19.1 Å². The first-order valence-electron chi connectivity index (χ1n) is 8.42. The van der Waals surface area contributed by atoms with Crippen LogP contribution in [0.5, 0.6) is 5.75 Å². The topological polar surface area (TPSA) is 65.1 Å². The first-order valence-corrected chi connectivity index (χ1v) is 8.42. The van der Waals surface area contributed by atoms with E-state index in [0.717, 1.165) is 25.0 Å². The number of amides is 1. The number of carbonyl (C=O) groups excluding carboxylic acids is 2. The SMILES string of the molecule is COC(=O)CCN(CC1CCCO1)C(=O)/C=C/c1ccccc1OC. The van der Waals surface area contributed by atoms with E-state index in [1.54, 1.807) is 18.1 Å². The summed E-state index contributed by atoms with van der Waals surface area (Å²) in [5, 5.41) is 0. The fourth-order valence-electron chi connectivity index (χ4n) is 2.72. The van der Waals surface area contributed by atoms with E-state index < -0.39 is 0 Å². The van der Waals surface area contributed by atoms with E-state index in [1.807, 2.05) is 24.3 Å². The average Bonchev–Trinajstić information content (AvgIpc) is 3.16. The van der Waals surface area contributed by atoms with Crippen molar-refractivity contribution >= 4 is 18.0 Å². The number of methoxy groups -OCH3 is 2. The summed E-state index contributed by atoms with van der Waals surface area (Å²) >= 11 is 0. The van der Waals surface area contributed by atoms with E-state index in [4.69, 9.17) is 9.47 Å². The van der Waals surface area contributed by atoms with E-state index >= 15 is 0 Å². The molecule has 136 valence electrons. The largest absolute Gasteiger partial charge is 0.496 e. The Kier molecular flexibility index (Phi) is 7.47. The summed E-state index contributed by atoms with van der Waals surface area (Å²) in [6.07, 6.45) is 5.35. The second kappa shape index (κ2) is 9.84. The summed E-state index contributed by atoms with van der Waals surface area (Å²) in [6, 6.07) is 7.47. The Balaban J connectivity index is 2.04. The predicted molar refractivity (Wildman–Crippen MR) is 94.2 cm³/mol. The highest BCUT2D eigenvalue weighted by atomic mass is 16.5. The molecule has 1 heterocycles. The number of nitrogens with zero attached hydrogens (tertiary/aromatic N) is 1. The van der Waals surface area contributed by atoms with Crippen molar-refractivity contribution in [3.63, 3.8) is 0 Å². The third kappa shape index (κ3) is 5.90. The Hall–Kier alpha value is -2.34. The quantitative estimate of drug-likeness (QED) is 0.533. The molecule has 1 unspecified atom stereocenters. The van der Waals surface area contributed by atoms with Gasteiger partial charge >= 0.3 is 5.97 Å². The van der Waals surface area contributed by atoms with Gasteiger partial charge in [-0.1, -0.05) is 18.2 Å². The van der Waals surface area contributed by atoms with Gasteiger partial charge in [-0.15, -0.1) is 0 Å². The molecule has 2 rings (SSSR count). The first kappa shape index (κ1) is 19.0. The highest BCUT2D eigenvalue weighted by Crippen LogP contribution is 2.19. The highest BCUT2D eigenvalue weighted by molar-refractivity contribution is 5.92. The van der Waals surface area contributed by atoms with Gasteiger partial charge in [-0.3, -0.25) is 9.59 Å². The molecule has 0 N–H and O–H groups in total. The fourth-order valence-corrected chi connectivity index (χ4v) is 2.72. The molecule has 0 bridgehead atoms. The Morgan fingerprint density at radius 3 is 2.80 bits per heavy atom. The second-order valence-corrected chi connectivity index (χ2v) is 5.82. The molecule has 0 aliphatic carbocycles. The molecule has 1 fully saturated rings. The Bertz CT molecular complexity index is 608.